The van der Waals surface area contributed by atoms with Gasteiger partial charge >= 0.3 is 0 Å². The lowest BCUT2D eigenvalue weighted by molar-refractivity contribution is -0.123. The molecule has 29 heavy (non-hydrogen) atoms. The highest BCUT2D eigenvalue weighted by atomic mass is 79.9. The number of piperidine rings is 1. The summed E-state index contributed by atoms with van der Waals surface area (Å²) >= 11 is 3.42. The van der Waals surface area contributed by atoms with E-state index in [-0.39, 0.29) is 11.8 Å². The van der Waals surface area contributed by atoms with Gasteiger partial charge in [-0.3, -0.25) is 9.69 Å². The Labute approximate surface area is 180 Å². The number of rotatable bonds is 8. The first-order chi connectivity index (χ1) is 13.7. The van der Waals surface area contributed by atoms with Crippen molar-refractivity contribution in [1.82, 2.24) is 14.8 Å². The third kappa shape index (κ3) is 6.20. The normalized spacial score (nSPS) is 17.8. The highest BCUT2D eigenvalue weighted by Crippen LogP contribution is 2.29. The van der Waals surface area contributed by atoms with Gasteiger partial charge in [0.1, 0.15) is 17.2 Å². The molecule has 0 N–H and O–H groups in total. The Kier molecular flexibility index (Phi) is 7.23. The number of halogens is 2. The van der Waals surface area contributed by atoms with Gasteiger partial charge in [-0.05, 0) is 52.9 Å². The van der Waals surface area contributed by atoms with Crippen LogP contribution in [0.4, 0.5) is 10.2 Å². The van der Waals surface area contributed by atoms with E-state index in [0.717, 1.165) is 30.3 Å². The molecule has 1 aliphatic heterocycles. The van der Waals surface area contributed by atoms with Crippen molar-refractivity contribution in [3.8, 4) is 0 Å². The molecule has 158 valence electrons. The van der Waals surface area contributed by atoms with Crippen molar-refractivity contribution >= 4 is 35.7 Å². The molecule has 0 aliphatic carbocycles. The Morgan fingerprint density at radius 3 is 2.83 bits per heavy atom. The molecule has 1 atom stereocenters. The van der Waals surface area contributed by atoms with Gasteiger partial charge in [-0.1, -0.05) is 25.7 Å². The lowest BCUT2D eigenvalue weighted by atomic mass is 9.91. The van der Waals surface area contributed by atoms with Crippen molar-refractivity contribution in [2.24, 2.45) is 5.92 Å². The average molecular weight is 483 g/mol. The lowest BCUT2D eigenvalue weighted by Crippen LogP contribution is -2.43. The van der Waals surface area contributed by atoms with Crippen molar-refractivity contribution in [3.63, 3.8) is 0 Å². The molecule has 0 saturated carbocycles. The Bertz CT molecular complexity index is 838. The first-order valence-corrected chi connectivity index (χ1v) is 14.5. The number of anilines is 1. The van der Waals surface area contributed by atoms with Gasteiger partial charge < -0.3 is 4.74 Å². The first-order valence-electron chi connectivity index (χ1n) is 9.96. The molecule has 1 fully saturated rings. The van der Waals surface area contributed by atoms with Crippen LogP contribution in [-0.2, 0) is 22.7 Å². The molecule has 0 bridgehead atoms. The predicted octanol–water partition coefficient (Wildman–Crippen LogP) is 4.48. The van der Waals surface area contributed by atoms with Gasteiger partial charge in [0.15, 0.2) is 0 Å². The van der Waals surface area contributed by atoms with Crippen molar-refractivity contribution in [2.75, 3.05) is 18.1 Å². The van der Waals surface area contributed by atoms with E-state index in [1.54, 1.807) is 15.6 Å². The Hall–Kier alpha value is -1.58. The van der Waals surface area contributed by atoms with E-state index in [4.69, 9.17) is 4.74 Å². The van der Waals surface area contributed by atoms with Gasteiger partial charge in [0.2, 0.25) is 11.9 Å². The number of aromatic nitrogens is 3. The second-order valence-electron chi connectivity index (χ2n) is 8.70. The van der Waals surface area contributed by atoms with Crippen LogP contribution in [0.5, 0.6) is 0 Å². The number of ether oxygens (including phenoxy) is 1. The van der Waals surface area contributed by atoms with Crippen LogP contribution in [0.3, 0.4) is 0 Å². The maximum atomic E-state index is 13.2. The second kappa shape index (κ2) is 9.49. The fourth-order valence-corrected chi connectivity index (χ4v) is 4.55. The molecule has 1 aliphatic rings. The molecule has 1 unspecified atom stereocenters. The number of pyridine rings is 1. The SMILES string of the molecule is C[Si](C)(C)CCOCn1nc(Br)cc1N1CCCC(Cc2ccc(F)nc2)C1=O. The molecular formula is C20H28BrFN4O2Si. The van der Waals surface area contributed by atoms with E-state index in [0.29, 0.717) is 30.9 Å². The Morgan fingerprint density at radius 1 is 1.34 bits per heavy atom. The minimum Gasteiger partial charge on any atom is -0.359 e. The molecule has 2 aromatic heterocycles. The van der Waals surface area contributed by atoms with Crippen LogP contribution < -0.4 is 4.90 Å². The summed E-state index contributed by atoms with van der Waals surface area (Å²) in [6.07, 6.45) is 3.79. The van der Waals surface area contributed by atoms with E-state index in [1.807, 2.05) is 6.07 Å². The zero-order valence-corrected chi connectivity index (χ0v) is 19.8. The molecule has 0 aromatic carbocycles. The third-order valence-electron chi connectivity index (χ3n) is 5.04. The molecule has 1 saturated heterocycles. The van der Waals surface area contributed by atoms with Crippen LogP contribution >= 0.6 is 15.9 Å². The Balaban J connectivity index is 1.67. The van der Waals surface area contributed by atoms with Crippen molar-refractivity contribution in [2.45, 2.75) is 51.7 Å². The standard InChI is InChI=1S/C20H28BrFN4O2Si/c1-29(2,3)10-9-28-14-26-19(12-17(21)24-26)25-8-4-5-16(20(25)27)11-15-6-7-18(22)23-13-15/h6-7,12-13,16H,4-5,8-11,14H2,1-3H3. The molecule has 9 heteroatoms. The number of carbonyl (C=O) groups excluding carboxylic acids is 1. The molecule has 3 rings (SSSR count). The van der Waals surface area contributed by atoms with E-state index < -0.39 is 14.0 Å². The van der Waals surface area contributed by atoms with Crippen molar-refractivity contribution in [1.29, 1.82) is 0 Å². The van der Waals surface area contributed by atoms with Crippen LogP contribution in [0.15, 0.2) is 29.0 Å². The van der Waals surface area contributed by atoms with Gasteiger partial charge in [0.05, 0.1) is 0 Å². The smallest absolute Gasteiger partial charge is 0.231 e. The van der Waals surface area contributed by atoms with Gasteiger partial charge in [0.25, 0.3) is 0 Å². The van der Waals surface area contributed by atoms with E-state index >= 15 is 0 Å². The molecule has 6 nitrogen and oxygen atoms in total. The quantitative estimate of drug-likeness (QED) is 0.316. The Morgan fingerprint density at radius 2 is 2.14 bits per heavy atom. The molecule has 0 spiro atoms. The summed E-state index contributed by atoms with van der Waals surface area (Å²) in [5, 5.41) is 4.45. The zero-order valence-electron chi connectivity index (χ0n) is 17.2. The first kappa shape index (κ1) is 22.1. The summed E-state index contributed by atoms with van der Waals surface area (Å²) in [6, 6.07) is 5.98. The van der Waals surface area contributed by atoms with E-state index in [2.05, 4.69) is 45.7 Å². The molecule has 3 heterocycles. The van der Waals surface area contributed by atoms with Crippen LogP contribution in [0.25, 0.3) is 0 Å². The number of hydrogen-bond acceptors (Lipinski definition) is 4. The van der Waals surface area contributed by atoms with Crippen LogP contribution in [-0.4, -0.2) is 41.9 Å². The zero-order chi connectivity index (χ0) is 21.0. The van der Waals surface area contributed by atoms with Crippen LogP contribution in [0.2, 0.25) is 25.7 Å². The number of carbonyl (C=O) groups is 1. The highest BCUT2D eigenvalue weighted by molar-refractivity contribution is 9.10. The summed E-state index contributed by atoms with van der Waals surface area (Å²) in [6.45, 7) is 8.62. The maximum absolute atomic E-state index is 13.2. The summed E-state index contributed by atoms with van der Waals surface area (Å²) in [4.78, 5) is 18.7. The number of nitrogens with zero attached hydrogens (tertiary/aromatic N) is 4. The van der Waals surface area contributed by atoms with E-state index in [9.17, 15) is 9.18 Å². The average Bonchev–Trinajstić information content (AvgIpc) is 3.02. The topological polar surface area (TPSA) is 60.2 Å². The van der Waals surface area contributed by atoms with Crippen LogP contribution in [0, 0.1) is 11.9 Å². The summed E-state index contributed by atoms with van der Waals surface area (Å²) in [5.74, 6) is 0.160. The van der Waals surface area contributed by atoms with Crippen molar-refractivity contribution < 1.29 is 13.9 Å². The van der Waals surface area contributed by atoms with Crippen molar-refractivity contribution in [3.05, 3.63) is 40.5 Å². The molecule has 0 radical (unpaired) electrons. The van der Waals surface area contributed by atoms with Gasteiger partial charge in [-0.2, -0.15) is 9.49 Å². The monoisotopic (exact) mass is 482 g/mol. The molecule has 1 amide bonds. The second-order valence-corrected chi connectivity index (χ2v) is 15.1. The van der Waals surface area contributed by atoms with E-state index in [1.165, 1.54) is 12.3 Å². The van der Waals surface area contributed by atoms with Crippen LogP contribution in [0.1, 0.15) is 18.4 Å². The fraction of sp³-hybridized carbons (Fsp3) is 0.550. The third-order valence-corrected chi connectivity index (χ3v) is 7.13. The summed E-state index contributed by atoms with van der Waals surface area (Å²) in [5.41, 5.74) is 0.871. The van der Waals surface area contributed by atoms with Gasteiger partial charge in [0, 0.05) is 39.4 Å². The summed E-state index contributed by atoms with van der Waals surface area (Å²) < 4.78 is 21.3. The number of amides is 1. The molecule has 2 aromatic rings. The predicted molar refractivity (Wildman–Crippen MR) is 117 cm³/mol. The van der Waals surface area contributed by atoms with Gasteiger partial charge in [-0.15, -0.1) is 0 Å². The minimum atomic E-state index is -1.15. The minimum absolute atomic E-state index is 0.0660. The summed E-state index contributed by atoms with van der Waals surface area (Å²) in [7, 11) is -1.15. The largest absolute Gasteiger partial charge is 0.359 e. The fourth-order valence-electron chi connectivity index (χ4n) is 3.40. The number of hydrogen-bond donors (Lipinski definition) is 0. The molecular weight excluding hydrogens is 455 g/mol. The van der Waals surface area contributed by atoms with Gasteiger partial charge in [-0.25, -0.2) is 9.67 Å². The lowest BCUT2D eigenvalue weighted by Gasteiger charge is -2.32. The maximum Gasteiger partial charge on any atom is 0.231 e. The highest BCUT2D eigenvalue weighted by Gasteiger charge is 2.32.